The first-order chi connectivity index (χ1) is 18.0. The number of fused-ring (bicyclic) bond motifs is 2. The summed E-state index contributed by atoms with van der Waals surface area (Å²) < 4.78 is 16.5. The number of anilines is 2. The predicted octanol–water partition coefficient (Wildman–Crippen LogP) is 4.16. The Kier molecular flexibility index (Phi) is 6.87. The zero-order valence-corrected chi connectivity index (χ0v) is 20.2. The van der Waals surface area contributed by atoms with Crippen LogP contribution in [0.3, 0.4) is 0 Å². The van der Waals surface area contributed by atoms with Crippen LogP contribution in [0.1, 0.15) is 26.3 Å². The van der Waals surface area contributed by atoms with E-state index in [-0.39, 0.29) is 11.8 Å². The molecule has 9 heteroatoms. The van der Waals surface area contributed by atoms with Crippen LogP contribution in [0.5, 0.6) is 17.4 Å². The molecule has 5 rings (SSSR count). The number of nitrogens with zero attached hydrogens (tertiary/aromatic N) is 1. The zero-order chi connectivity index (χ0) is 25.8. The number of nitrogens with one attached hydrogen (secondary N) is 2. The van der Waals surface area contributed by atoms with Gasteiger partial charge in [0.25, 0.3) is 11.8 Å². The van der Waals surface area contributed by atoms with Crippen molar-refractivity contribution < 1.29 is 23.8 Å². The number of aryl methyl sites for hydroxylation is 1. The lowest BCUT2D eigenvalue weighted by molar-refractivity contribution is 0.101. The largest absolute Gasteiger partial charge is 0.486 e. The second-order valence-corrected chi connectivity index (χ2v) is 8.49. The van der Waals surface area contributed by atoms with Crippen molar-refractivity contribution in [3.63, 3.8) is 0 Å². The van der Waals surface area contributed by atoms with Crippen LogP contribution in [0.2, 0.25) is 0 Å². The van der Waals surface area contributed by atoms with Crippen LogP contribution < -0.4 is 30.6 Å². The third kappa shape index (κ3) is 5.46. The molecule has 1 aromatic heterocycles. The number of carbonyl (C=O) groups is 2. The molecule has 1 aliphatic heterocycles. The van der Waals surface area contributed by atoms with Gasteiger partial charge in [0.05, 0.1) is 5.52 Å². The van der Waals surface area contributed by atoms with Gasteiger partial charge >= 0.3 is 0 Å². The SMILES string of the molecule is Cc1ccc(NC(=O)c2ccc3c(c2)OCCO3)cc1NC(=O)c1ccc2nc(OCCN)ccc2c1. The van der Waals surface area contributed by atoms with Gasteiger partial charge in [-0.25, -0.2) is 4.98 Å². The third-order valence-electron chi connectivity index (χ3n) is 5.84. The van der Waals surface area contributed by atoms with Crippen molar-refractivity contribution >= 4 is 34.1 Å². The molecule has 9 nitrogen and oxygen atoms in total. The summed E-state index contributed by atoms with van der Waals surface area (Å²) in [7, 11) is 0. The van der Waals surface area contributed by atoms with Crippen LogP contribution in [-0.2, 0) is 0 Å². The molecule has 0 atom stereocenters. The Morgan fingerprint density at radius 2 is 1.65 bits per heavy atom. The molecule has 0 fully saturated rings. The molecule has 0 saturated carbocycles. The van der Waals surface area contributed by atoms with Crippen molar-refractivity contribution in [1.82, 2.24) is 4.98 Å². The fraction of sp³-hybridized carbons (Fsp3) is 0.179. The van der Waals surface area contributed by atoms with Crippen LogP contribution in [0, 0.1) is 6.92 Å². The maximum atomic E-state index is 13.0. The number of ether oxygens (including phenoxy) is 3. The van der Waals surface area contributed by atoms with Crippen LogP contribution in [0.15, 0.2) is 66.7 Å². The summed E-state index contributed by atoms with van der Waals surface area (Å²) in [5.74, 6) is 1.08. The molecule has 0 bridgehead atoms. The summed E-state index contributed by atoms with van der Waals surface area (Å²) in [6.45, 7) is 3.60. The zero-order valence-electron chi connectivity index (χ0n) is 20.2. The van der Waals surface area contributed by atoms with Crippen molar-refractivity contribution in [2.75, 3.05) is 37.0 Å². The van der Waals surface area contributed by atoms with Crippen molar-refractivity contribution in [3.05, 3.63) is 83.4 Å². The molecule has 0 unspecified atom stereocenters. The average molecular weight is 499 g/mol. The number of aromatic nitrogens is 1. The Bertz CT molecular complexity index is 1490. The molecule has 2 amide bonds. The monoisotopic (exact) mass is 498 g/mol. The van der Waals surface area contributed by atoms with Gasteiger partial charge in [-0.15, -0.1) is 0 Å². The van der Waals surface area contributed by atoms with E-state index in [2.05, 4.69) is 15.6 Å². The van der Waals surface area contributed by atoms with E-state index in [1.807, 2.05) is 19.1 Å². The third-order valence-corrected chi connectivity index (χ3v) is 5.84. The number of rotatable bonds is 7. The Hall–Kier alpha value is -4.63. The molecule has 0 radical (unpaired) electrons. The van der Waals surface area contributed by atoms with Gasteiger partial charge < -0.3 is 30.6 Å². The van der Waals surface area contributed by atoms with Crippen LogP contribution in [0.4, 0.5) is 11.4 Å². The number of carbonyl (C=O) groups excluding carboxylic acids is 2. The minimum Gasteiger partial charge on any atom is -0.486 e. The summed E-state index contributed by atoms with van der Waals surface area (Å²) in [6.07, 6.45) is 0. The summed E-state index contributed by atoms with van der Waals surface area (Å²) >= 11 is 0. The first-order valence-corrected chi connectivity index (χ1v) is 11.9. The molecular weight excluding hydrogens is 472 g/mol. The Morgan fingerprint density at radius 3 is 2.49 bits per heavy atom. The van der Waals surface area contributed by atoms with Gasteiger partial charge in [-0.2, -0.15) is 0 Å². The van der Waals surface area contributed by atoms with Crippen LogP contribution in [-0.4, -0.2) is 43.2 Å². The molecule has 2 heterocycles. The fourth-order valence-electron chi connectivity index (χ4n) is 3.91. The second-order valence-electron chi connectivity index (χ2n) is 8.49. The summed E-state index contributed by atoms with van der Waals surface area (Å²) in [4.78, 5) is 30.3. The van der Waals surface area contributed by atoms with Crippen LogP contribution in [0.25, 0.3) is 10.9 Å². The van der Waals surface area contributed by atoms with E-state index < -0.39 is 0 Å². The Labute approximate surface area is 213 Å². The lowest BCUT2D eigenvalue weighted by Crippen LogP contribution is -2.17. The minimum atomic E-state index is -0.296. The number of pyridine rings is 1. The normalized spacial score (nSPS) is 12.2. The molecular formula is C28H26N4O5. The molecule has 188 valence electrons. The highest BCUT2D eigenvalue weighted by atomic mass is 16.6. The maximum absolute atomic E-state index is 13.0. The second kappa shape index (κ2) is 10.5. The number of hydrogen-bond acceptors (Lipinski definition) is 7. The Balaban J connectivity index is 1.29. The van der Waals surface area contributed by atoms with Gasteiger partial charge in [0, 0.05) is 40.5 Å². The molecule has 0 aliphatic carbocycles. The first-order valence-electron chi connectivity index (χ1n) is 11.9. The van der Waals surface area contributed by atoms with Gasteiger partial charge in [0.1, 0.15) is 19.8 Å². The van der Waals surface area contributed by atoms with Crippen molar-refractivity contribution in [1.29, 1.82) is 0 Å². The van der Waals surface area contributed by atoms with Crippen molar-refractivity contribution in [3.8, 4) is 17.4 Å². The topological polar surface area (TPSA) is 125 Å². The number of benzene rings is 3. The highest BCUT2D eigenvalue weighted by Crippen LogP contribution is 2.31. The first kappa shape index (κ1) is 24.1. The van der Waals surface area contributed by atoms with Gasteiger partial charge in [-0.05, 0) is 67.1 Å². The lowest BCUT2D eigenvalue weighted by atomic mass is 10.1. The smallest absolute Gasteiger partial charge is 0.255 e. The summed E-state index contributed by atoms with van der Waals surface area (Å²) in [5.41, 5.74) is 9.11. The molecule has 4 aromatic rings. The highest BCUT2D eigenvalue weighted by molar-refractivity contribution is 6.08. The number of hydrogen-bond donors (Lipinski definition) is 3. The molecule has 37 heavy (non-hydrogen) atoms. The van der Waals surface area contributed by atoms with E-state index >= 15 is 0 Å². The van der Waals surface area contributed by atoms with E-state index in [1.54, 1.807) is 54.6 Å². The van der Waals surface area contributed by atoms with E-state index in [0.717, 1.165) is 10.9 Å². The lowest BCUT2D eigenvalue weighted by Gasteiger charge is -2.18. The summed E-state index contributed by atoms with van der Waals surface area (Å²) in [5, 5.41) is 6.62. The Morgan fingerprint density at radius 1 is 0.892 bits per heavy atom. The highest BCUT2D eigenvalue weighted by Gasteiger charge is 2.16. The van der Waals surface area contributed by atoms with E-state index in [4.69, 9.17) is 19.9 Å². The van der Waals surface area contributed by atoms with Gasteiger partial charge in [-0.3, -0.25) is 9.59 Å². The molecule has 1 aliphatic rings. The van der Waals surface area contributed by atoms with Crippen LogP contribution >= 0.6 is 0 Å². The number of amides is 2. The van der Waals surface area contributed by atoms with E-state index in [9.17, 15) is 9.59 Å². The minimum absolute atomic E-state index is 0.274. The van der Waals surface area contributed by atoms with Crippen molar-refractivity contribution in [2.45, 2.75) is 6.92 Å². The number of nitrogens with two attached hydrogens (primary N) is 1. The van der Waals surface area contributed by atoms with E-state index in [1.165, 1.54) is 0 Å². The van der Waals surface area contributed by atoms with Gasteiger partial charge in [-0.1, -0.05) is 6.07 Å². The predicted molar refractivity (Wildman–Crippen MR) is 141 cm³/mol. The average Bonchev–Trinajstić information content (AvgIpc) is 2.93. The van der Waals surface area contributed by atoms with E-state index in [0.29, 0.717) is 71.8 Å². The molecule has 0 saturated heterocycles. The molecule has 0 spiro atoms. The molecule has 3 aromatic carbocycles. The fourth-order valence-corrected chi connectivity index (χ4v) is 3.91. The van der Waals surface area contributed by atoms with Gasteiger partial charge in [0.2, 0.25) is 5.88 Å². The standard InChI is InChI=1S/C28H26N4O5/c1-17-2-6-21(30-27(33)20-4-8-24-25(15-20)36-13-12-35-24)16-23(17)32-28(34)19-3-7-22-18(14-19)5-9-26(31-22)37-11-10-29/h2-9,14-16H,10-13,29H2,1H3,(H,30,33)(H,32,34). The maximum Gasteiger partial charge on any atom is 0.255 e. The summed E-state index contributed by atoms with van der Waals surface area (Å²) in [6, 6.07) is 19.3. The quantitative estimate of drug-likeness (QED) is 0.349. The molecule has 4 N–H and O–H groups in total. The van der Waals surface area contributed by atoms with Gasteiger partial charge in [0.15, 0.2) is 11.5 Å². The van der Waals surface area contributed by atoms with Crippen molar-refractivity contribution in [2.24, 2.45) is 5.73 Å².